The number of methoxy groups -OCH3 is 1. The standard InChI is InChI=1S/C30H31NO8/c1-33-27(32)18-21-5-2-10-26(17-21)34-15-16-39-31-28(22-6-3-8-24(19-22)29-35-11-12-36-29)23-7-4-9-25(20-23)30-37-13-14-38-30/h2-10,17,19-20,29-30H,11-16,18H2,1H3. The van der Waals surface area contributed by atoms with Crippen LogP contribution in [0.5, 0.6) is 5.75 Å². The van der Waals surface area contributed by atoms with Gasteiger partial charge in [-0.1, -0.05) is 53.7 Å². The normalized spacial score (nSPS) is 15.7. The fourth-order valence-corrected chi connectivity index (χ4v) is 4.33. The molecule has 0 spiro atoms. The van der Waals surface area contributed by atoms with Gasteiger partial charge in [-0.05, 0) is 29.8 Å². The number of carbonyl (C=O) groups is 1. The first-order chi connectivity index (χ1) is 19.2. The lowest BCUT2D eigenvalue weighted by molar-refractivity contribution is -0.139. The average molecular weight is 534 g/mol. The Morgan fingerprint density at radius 1 is 0.795 bits per heavy atom. The van der Waals surface area contributed by atoms with Crippen molar-refractivity contribution in [3.63, 3.8) is 0 Å². The summed E-state index contributed by atoms with van der Waals surface area (Å²) in [5.41, 5.74) is 4.99. The number of oxime groups is 1. The molecule has 0 bridgehead atoms. The highest BCUT2D eigenvalue weighted by molar-refractivity contribution is 6.12. The van der Waals surface area contributed by atoms with Crippen molar-refractivity contribution in [1.82, 2.24) is 0 Å². The van der Waals surface area contributed by atoms with Gasteiger partial charge in [0.1, 0.15) is 18.1 Å². The molecule has 2 aliphatic heterocycles. The molecule has 3 aromatic carbocycles. The van der Waals surface area contributed by atoms with Crippen molar-refractivity contribution >= 4 is 11.7 Å². The molecule has 9 nitrogen and oxygen atoms in total. The molecule has 0 atom stereocenters. The Morgan fingerprint density at radius 3 is 1.97 bits per heavy atom. The van der Waals surface area contributed by atoms with Crippen LogP contribution in [-0.2, 0) is 39.7 Å². The molecular formula is C30H31NO8. The quantitative estimate of drug-likeness (QED) is 0.156. The first-order valence-electron chi connectivity index (χ1n) is 12.9. The van der Waals surface area contributed by atoms with Crippen molar-refractivity contribution in [1.29, 1.82) is 0 Å². The molecule has 3 aromatic rings. The summed E-state index contributed by atoms with van der Waals surface area (Å²) >= 11 is 0. The number of ether oxygens (including phenoxy) is 6. The number of esters is 1. The third kappa shape index (κ3) is 7.21. The minimum Gasteiger partial charge on any atom is -0.490 e. The van der Waals surface area contributed by atoms with Gasteiger partial charge in [0.05, 0.1) is 40.0 Å². The summed E-state index contributed by atoms with van der Waals surface area (Å²) in [6.07, 6.45) is -0.617. The Balaban J connectivity index is 1.31. The fourth-order valence-electron chi connectivity index (χ4n) is 4.33. The predicted molar refractivity (Wildman–Crippen MR) is 141 cm³/mol. The first kappa shape index (κ1) is 26.8. The highest BCUT2D eigenvalue weighted by Crippen LogP contribution is 2.27. The van der Waals surface area contributed by atoms with E-state index >= 15 is 0 Å². The minimum atomic E-state index is -0.401. The van der Waals surface area contributed by atoms with Crippen molar-refractivity contribution in [2.24, 2.45) is 5.16 Å². The van der Waals surface area contributed by atoms with E-state index in [0.717, 1.165) is 27.8 Å². The molecule has 5 rings (SSSR count). The SMILES string of the molecule is COC(=O)Cc1cccc(OCCON=C(c2cccc(C3OCCO3)c2)c2cccc(C3OCCO3)c2)c1. The maximum atomic E-state index is 11.6. The summed E-state index contributed by atoms with van der Waals surface area (Å²) in [7, 11) is 1.37. The van der Waals surface area contributed by atoms with E-state index in [4.69, 9.17) is 33.3 Å². The summed E-state index contributed by atoms with van der Waals surface area (Å²) in [4.78, 5) is 17.3. The molecule has 0 radical (unpaired) electrons. The zero-order valence-electron chi connectivity index (χ0n) is 21.7. The molecule has 2 saturated heterocycles. The van der Waals surface area contributed by atoms with E-state index < -0.39 is 12.6 Å². The molecule has 9 heteroatoms. The van der Waals surface area contributed by atoms with E-state index in [1.54, 1.807) is 0 Å². The van der Waals surface area contributed by atoms with Gasteiger partial charge in [-0.25, -0.2) is 0 Å². The molecule has 0 amide bonds. The van der Waals surface area contributed by atoms with Crippen molar-refractivity contribution < 1.29 is 38.1 Å². The largest absolute Gasteiger partial charge is 0.490 e. The molecule has 0 aromatic heterocycles. The molecule has 2 heterocycles. The van der Waals surface area contributed by atoms with E-state index in [1.165, 1.54) is 7.11 Å². The summed E-state index contributed by atoms with van der Waals surface area (Å²) in [5, 5.41) is 4.51. The maximum Gasteiger partial charge on any atom is 0.309 e. The predicted octanol–water partition coefficient (Wildman–Crippen LogP) is 4.34. The monoisotopic (exact) mass is 533 g/mol. The molecule has 39 heavy (non-hydrogen) atoms. The van der Waals surface area contributed by atoms with Crippen LogP contribution in [0.15, 0.2) is 78.0 Å². The summed E-state index contributed by atoms with van der Waals surface area (Å²) in [5.74, 6) is 0.334. The molecule has 0 N–H and O–H groups in total. The number of nitrogens with zero attached hydrogens (tertiary/aromatic N) is 1. The van der Waals surface area contributed by atoms with Gasteiger partial charge in [0.15, 0.2) is 19.2 Å². The lowest BCUT2D eigenvalue weighted by Gasteiger charge is -2.14. The van der Waals surface area contributed by atoms with E-state index in [-0.39, 0.29) is 25.6 Å². The molecule has 0 saturated carbocycles. The topological polar surface area (TPSA) is 94.0 Å². The zero-order chi connectivity index (χ0) is 26.9. The van der Waals surface area contributed by atoms with E-state index in [0.29, 0.717) is 37.9 Å². The number of carbonyl (C=O) groups excluding carboxylic acids is 1. The van der Waals surface area contributed by atoms with Crippen LogP contribution in [0.4, 0.5) is 0 Å². The van der Waals surface area contributed by atoms with Gasteiger partial charge >= 0.3 is 5.97 Å². The van der Waals surface area contributed by atoms with Gasteiger partial charge in [-0.2, -0.15) is 0 Å². The van der Waals surface area contributed by atoms with Crippen molar-refractivity contribution in [3.05, 3.63) is 101 Å². The molecule has 2 aliphatic rings. The van der Waals surface area contributed by atoms with Gasteiger partial charge in [-0.3, -0.25) is 4.79 Å². The van der Waals surface area contributed by atoms with Crippen molar-refractivity contribution in [2.45, 2.75) is 19.0 Å². The second-order valence-electron chi connectivity index (χ2n) is 8.92. The van der Waals surface area contributed by atoms with Crippen LogP contribution in [0.25, 0.3) is 0 Å². The minimum absolute atomic E-state index is 0.184. The van der Waals surface area contributed by atoms with Gasteiger partial charge in [0.2, 0.25) is 0 Å². The van der Waals surface area contributed by atoms with Crippen LogP contribution in [0.3, 0.4) is 0 Å². The second kappa shape index (κ2) is 13.3. The zero-order valence-corrected chi connectivity index (χ0v) is 21.7. The lowest BCUT2D eigenvalue weighted by Crippen LogP contribution is -2.10. The van der Waals surface area contributed by atoms with E-state index in [1.807, 2.05) is 72.8 Å². The van der Waals surface area contributed by atoms with Crippen LogP contribution in [0, 0.1) is 0 Å². The fraction of sp³-hybridized carbons (Fsp3) is 0.333. The molecule has 204 valence electrons. The number of hydrogen-bond acceptors (Lipinski definition) is 9. The number of rotatable bonds is 11. The highest BCUT2D eigenvalue weighted by Gasteiger charge is 2.22. The average Bonchev–Trinajstić information content (AvgIpc) is 3.71. The van der Waals surface area contributed by atoms with Gasteiger partial charge in [0, 0.05) is 22.3 Å². The Kier molecular flexibility index (Phi) is 9.18. The Bertz CT molecular complexity index is 1220. The second-order valence-corrected chi connectivity index (χ2v) is 8.92. The van der Waals surface area contributed by atoms with Crippen LogP contribution >= 0.6 is 0 Å². The molecular weight excluding hydrogens is 502 g/mol. The Morgan fingerprint density at radius 2 is 1.38 bits per heavy atom. The van der Waals surface area contributed by atoms with Gasteiger partial charge in [-0.15, -0.1) is 0 Å². The van der Waals surface area contributed by atoms with E-state index in [2.05, 4.69) is 5.16 Å². The third-order valence-corrected chi connectivity index (χ3v) is 6.18. The number of benzene rings is 3. The first-order valence-corrected chi connectivity index (χ1v) is 12.9. The summed E-state index contributed by atoms with van der Waals surface area (Å²) in [6, 6.07) is 23.1. The van der Waals surface area contributed by atoms with Crippen molar-refractivity contribution in [2.75, 3.05) is 46.8 Å². The smallest absolute Gasteiger partial charge is 0.309 e. The van der Waals surface area contributed by atoms with Crippen LogP contribution in [0.2, 0.25) is 0 Å². The van der Waals surface area contributed by atoms with E-state index in [9.17, 15) is 4.79 Å². The maximum absolute atomic E-state index is 11.6. The molecule has 0 aliphatic carbocycles. The summed E-state index contributed by atoms with van der Waals surface area (Å²) in [6.45, 7) is 2.74. The van der Waals surface area contributed by atoms with Crippen LogP contribution < -0.4 is 4.74 Å². The highest BCUT2D eigenvalue weighted by atomic mass is 16.7. The van der Waals surface area contributed by atoms with Crippen LogP contribution in [0.1, 0.15) is 40.4 Å². The lowest BCUT2D eigenvalue weighted by atomic mass is 9.98. The Hall–Kier alpha value is -3.76. The number of hydrogen-bond donors (Lipinski definition) is 0. The Labute approximate surface area is 227 Å². The molecule has 2 fully saturated rings. The van der Waals surface area contributed by atoms with Crippen molar-refractivity contribution in [3.8, 4) is 5.75 Å². The molecule has 0 unspecified atom stereocenters. The van der Waals surface area contributed by atoms with Crippen LogP contribution in [-0.4, -0.2) is 58.4 Å². The van der Waals surface area contributed by atoms with Gasteiger partial charge in [0.25, 0.3) is 0 Å². The third-order valence-electron chi connectivity index (χ3n) is 6.18. The van der Waals surface area contributed by atoms with Gasteiger partial charge < -0.3 is 33.3 Å². The summed E-state index contributed by atoms with van der Waals surface area (Å²) < 4.78 is 33.3.